The Morgan fingerprint density at radius 1 is 1.28 bits per heavy atom. The summed E-state index contributed by atoms with van der Waals surface area (Å²) in [6.07, 6.45) is 0.655. The molecule has 1 aromatic carbocycles. The van der Waals surface area contributed by atoms with Crippen molar-refractivity contribution in [2.45, 2.75) is 50.6 Å². The van der Waals surface area contributed by atoms with Gasteiger partial charge in [0, 0.05) is 12.1 Å². The fraction of sp³-hybridized carbons (Fsp3) is 0.562. The van der Waals surface area contributed by atoms with Crippen LogP contribution in [0.2, 0.25) is 0 Å². The average Bonchev–Trinajstić information content (AvgIpc) is 2.46. The zero-order chi connectivity index (χ0) is 18.5. The van der Waals surface area contributed by atoms with E-state index in [1.165, 1.54) is 19.1 Å². The van der Waals surface area contributed by atoms with Gasteiger partial charge in [0.1, 0.15) is 10.7 Å². The van der Waals surface area contributed by atoms with Crippen molar-refractivity contribution < 1.29 is 17.6 Å². The second-order valence-corrected chi connectivity index (χ2v) is 8.31. The van der Waals surface area contributed by atoms with E-state index in [1.807, 2.05) is 20.8 Å². The normalized spacial score (nSPS) is 15.2. The van der Waals surface area contributed by atoms with Gasteiger partial charge in [-0.2, -0.15) is 4.72 Å². The molecule has 0 heterocycles. The van der Waals surface area contributed by atoms with Crippen LogP contribution >= 0.6 is 12.4 Å². The number of nitrogens with two attached hydrogens (primary N) is 1. The van der Waals surface area contributed by atoms with Crippen LogP contribution in [0.15, 0.2) is 29.2 Å². The minimum absolute atomic E-state index is 0. The smallest absolute Gasteiger partial charge is 0.244 e. The molecule has 0 radical (unpaired) electrons. The molecular formula is C16H27ClFN3O3S. The van der Waals surface area contributed by atoms with E-state index in [0.29, 0.717) is 12.3 Å². The van der Waals surface area contributed by atoms with E-state index in [4.69, 9.17) is 5.73 Å². The third-order valence-electron chi connectivity index (χ3n) is 3.59. The van der Waals surface area contributed by atoms with Crippen LogP contribution in [0.1, 0.15) is 34.1 Å². The van der Waals surface area contributed by atoms with Crippen molar-refractivity contribution in [2.24, 2.45) is 11.7 Å². The number of sulfonamides is 1. The van der Waals surface area contributed by atoms with E-state index in [-0.39, 0.29) is 19.0 Å². The zero-order valence-corrected chi connectivity index (χ0v) is 16.5. The number of carbonyl (C=O) groups excluding carboxylic acids is 1. The molecule has 0 aromatic heterocycles. The molecule has 0 aliphatic heterocycles. The molecule has 25 heavy (non-hydrogen) atoms. The largest absolute Gasteiger partial charge is 0.348 e. The Balaban J connectivity index is 0.00000576. The molecule has 0 fully saturated rings. The third kappa shape index (κ3) is 6.89. The summed E-state index contributed by atoms with van der Waals surface area (Å²) in [5.41, 5.74) is 5.10. The van der Waals surface area contributed by atoms with E-state index < -0.39 is 38.2 Å². The SMILES string of the molecule is CC(C)CC(C)(CN)NC(=O)C(C)NS(=O)(=O)c1ccccc1F.Cl. The molecule has 2 unspecified atom stereocenters. The van der Waals surface area contributed by atoms with Crippen LogP contribution in [0.4, 0.5) is 4.39 Å². The first kappa shape index (κ1) is 23.8. The Labute approximate surface area is 155 Å². The second-order valence-electron chi connectivity index (χ2n) is 6.63. The van der Waals surface area contributed by atoms with Gasteiger partial charge in [-0.25, -0.2) is 12.8 Å². The van der Waals surface area contributed by atoms with Crippen LogP contribution in [0.3, 0.4) is 0 Å². The van der Waals surface area contributed by atoms with Gasteiger partial charge in [0.05, 0.1) is 6.04 Å². The highest BCUT2D eigenvalue weighted by molar-refractivity contribution is 7.89. The number of hydrogen-bond donors (Lipinski definition) is 3. The lowest BCUT2D eigenvalue weighted by atomic mass is 9.90. The van der Waals surface area contributed by atoms with Crippen molar-refractivity contribution in [3.63, 3.8) is 0 Å². The van der Waals surface area contributed by atoms with Crippen molar-refractivity contribution in [1.82, 2.24) is 10.0 Å². The van der Waals surface area contributed by atoms with Crippen molar-refractivity contribution in [1.29, 1.82) is 0 Å². The molecule has 1 rings (SSSR count). The Morgan fingerprint density at radius 3 is 2.32 bits per heavy atom. The van der Waals surface area contributed by atoms with Crippen LogP contribution in [-0.2, 0) is 14.8 Å². The first-order valence-corrected chi connectivity index (χ1v) is 9.28. The van der Waals surface area contributed by atoms with Gasteiger partial charge in [-0.15, -0.1) is 12.4 Å². The summed E-state index contributed by atoms with van der Waals surface area (Å²) >= 11 is 0. The molecule has 2 atom stereocenters. The zero-order valence-electron chi connectivity index (χ0n) is 14.9. The average molecular weight is 396 g/mol. The maximum absolute atomic E-state index is 13.7. The van der Waals surface area contributed by atoms with Crippen LogP contribution in [-0.4, -0.2) is 32.5 Å². The Hall–Kier alpha value is -1.22. The molecule has 0 aliphatic rings. The Morgan fingerprint density at radius 2 is 1.84 bits per heavy atom. The van der Waals surface area contributed by atoms with Crippen molar-refractivity contribution in [3.05, 3.63) is 30.1 Å². The maximum atomic E-state index is 13.7. The van der Waals surface area contributed by atoms with Gasteiger partial charge in [0.15, 0.2) is 0 Å². The highest BCUT2D eigenvalue weighted by Crippen LogP contribution is 2.16. The fourth-order valence-electron chi connectivity index (χ4n) is 2.50. The number of halogens is 2. The minimum atomic E-state index is -4.14. The molecule has 0 spiro atoms. The standard InChI is InChI=1S/C16H26FN3O3S.ClH/c1-11(2)9-16(4,10-18)19-15(21)12(3)20-24(22,23)14-8-6-5-7-13(14)17;/h5-8,11-12,20H,9-10,18H2,1-4H3,(H,19,21);1H. The predicted octanol–water partition coefficient (Wildman–Crippen LogP) is 1.79. The minimum Gasteiger partial charge on any atom is -0.348 e. The molecule has 1 amide bonds. The highest BCUT2D eigenvalue weighted by Gasteiger charge is 2.30. The Kier molecular flexibility index (Phi) is 9.01. The predicted molar refractivity (Wildman–Crippen MR) is 98.5 cm³/mol. The van der Waals surface area contributed by atoms with Crippen molar-refractivity contribution in [2.75, 3.05) is 6.54 Å². The van der Waals surface area contributed by atoms with E-state index in [1.54, 1.807) is 0 Å². The maximum Gasteiger partial charge on any atom is 0.244 e. The van der Waals surface area contributed by atoms with Gasteiger partial charge in [-0.3, -0.25) is 4.79 Å². The fourth-order valence-corrected chi connectivity index (χ4v) is 3.79. The number of carbonyl (C=O) groups is 1. The van der Waals surface area contributed by atoms with Crippen molar-refractivity contribution in [3.8, 4) is 0 Å². The lowest BCUT2D eigenvalue weighted by Crippen LogP contribution is -2.57. The summed E-state index contributed by atoms with van der Waals surface area (Å²) in [7, 11) is -4.14. The summed E-state index contributed by atoms with van der Waals surface area (Å²) in [6, 6.07) is 3.94. The van der Waals surface area contributed by atoms with Gasteiger partial charge in [-0.05, 0) is 38.3 Å². The topological polar surface area (TPSA) is 101 Å². The van der Waals surface area contributed by atoms with E-state index in [0.717, 1.165) is 12.1 Å². The lowest BCUT2D eigenvalue weighted by Gasteiger charge is -2.32. The van der Waals surface area contributed by atoms with Gasteiger partial charge in [0.2, 0.25) is 15.9 Å². The number of benzene rings is 1. The second kappa shape index (κ2) is 9.47. The summed E-state index contributed by atoms with van der Waals surface area (Å²) in [4.78, 5) is 11.8. The quantitative estimate of drug-likeness (QED) is 0.624. The van der Waals surface area contributed by atoms with E-state index >= 15 is 0 Å². The Bertz CT molecular complexity index is 685. The molecule has 9 heteroatoms. The van der Waals surface area contributed by atoms with E-state index in [2.05, 4.69) is 10.0 Å². The summed E-state index contributed by atoms with van der Waals surface area (Å²) in [6.45, 7) is 7.45. The van der Waals surface area contributed by atoms with Crippen molar-refractivity contribution >= 4 is 28.3 Å². The molecule has 0 aliphatic carbocycles. The van der Waals surface area contributed by atoms with E-state index in [9.17, 15) is 17.6 Å². The summed E-state index contributed by atoms with van der Waals surface area (Å²) in [5, 5.41) is 2.78. The molecule has 144 valence electrons. The van der Waals surface area contributed by atoms with Crippen LogP contribution < -0.4 is 15.8 Å². The monoisotopic (exact) mass is 395 g/mol. The molecule has 0 saturated carbocycles. The molecule has 0 saturated heterocycles. The van der Waals surface area contributed by atoms with Gasteiger partial charge >= 0.3 is 0 Å². The van der Waals surface area contributed by atoms with Gasteiger partial charge in [0.25, 0.3) is 0 Å². The number of nitrogens with one attached hydrogen (secondary N) is 2. The molecule has 6 nitrogen and oxygen atoms in total. The number of rotatable bonds is 8. The summed E-state index contributed by atoms with van der Waals surface area (Å²) < 4.78 is 40.3. The molecular weight excluding hydrogens is 369 g/mol. The third-order valence-corrected chi connectivity index (χ3v) is 5.16. The van der Waals surface area contributed by atoms with Gasteiger partial charge in [-0.1, -0.05) is 26.0 Å². The van der Waals surface area contributed by atoms with Gasteiger partial charge < -0.3 is 11.1 Å². The first-order valence-electron chi connectivity index (χ1n) is 7.80. The first-order chi connectivity index (χ1) is 11.0. The van der Waals surface area contributed by atoms with Crippen LogP contribution in [0.5, 0.6) is 0 Å². The molecule has 0 bridgehead atoms. The lowest BCUT2D eigenvalue weighted by molar-refractivity contribution is -0.124. The number of hydrogen-bond acceptors (Lipinski definition) is 4. The van der Waals surface area contributed by atoms with Crippen LogP contribution in [0, 0.1) is 11.7 Å². The molecule has 4 N–H and O–H groups in total. The highest BCUT2D eigenvalue weighted by atomic mass is 35.5. The number of amides is 1. The van der Waals surface area contributed by atoms with Crippen LogP contribution in [0.25, 0.3) is 0 Å². The molecule has 1 aromatic rings. The summed E-state index contributed by atoms with van der Waals surface area (Å²) in [5.74, 6) is -1.07.